The molecule has 3 heterocycles. The van der Waals surface area contributed by atoms with Gasteiger partial charge in [-0.1, -0.05) is 0 Å². The van der Waals surface area contributed by atoms with E-state index >= 15 is 0 Å². The summed E-state index contributed by atoms with van der Waals surface area (Å²) in [5, 5.41) is 0. The number of halogens is 6. The van der Waals surface area contributed by atoms with Gasteiger partial charge in [-0.3, -0.25) is 19.3 Å². The number of hydrogen-bond acceptors (Lipinski definition) is 5. The van der Waals surface area contributed by atoms with E-state index in [4.69, 9.17) is 19.4 Å². The van der Waals surface area contributed by atoms with Gasteiger partial charge >= 0.3 is 51.7 Å². The predicted octanol–water partition coefficient (Wildman–Crippen LogP) is 3.28. The maximum absolute atomic E-state index is 9.75. The third-order valence-electron chi connectivity index (χ3n) is 4.63. The fourth-order valence-electron chi connectivity index (χ4n) is 2.56. The second-order valence-corrected chi connectivity index (χ2v) is 13.9. The van der Waals surface area contributed by atoms with Crippen LogP contribution in [0.5, 0.6) is 0 Å². The zero-order valence-electron chi connectivity index (χ0n) is 21.4. The van der Waals surface area contributed by atoms with Crippen molar-refractivity contribution in [2.75, 3.05) is 81.6 Å². The predicted molar refractivity (Wildman–Crippen MR) is 134 cm³/mol. The largest absolute Gasteiger partial charge is 0.673 e. The van der Waals surface area contributed by atoms with Crippen LogP contribution >= 0.6 is 19.4 Å². The molecule has 0 unspecified atom stereocenters. The Morgan fingerprint density at radius 2 is 1.30 bits per heavy atom. The first kappa shape index (κ1) is 37.7. The molecule has 14 heteroatoms. The van der Waals surface area contributed by atoms with E-state index in [1.165, 1.54) is 39.3 Å². The Balaban J connectivity index is -0.000000343. The summed E-state index contributed by atoms with van der Waals surface area (Å²) in [4.78, 5) is 11.2. The maximum Gasteiger partial charge on any atom is 0.673 e. The molecular weight excluding hydrogens is 571 g/mol. The normalized spacial score (nSPS) is 20.0. The second kappa shape index (κ2) is 20.4. The van der Waals surface area contributed by atoms with Gasteiger partial charge in [0.05, 0.1) is 20.3 Å². The van der Waals surface area contributed by atoms with Crippen LogP contribution in [0.3, 0.4) is 0 Å². The van der Waals surface area contributed by atoms with Gasteiger partial charge in [-0.05, 0) is 48.2 Å². The Morgan fingerprint density at radius 3 is 1.39 bits per heavy atom. The summed E-state index contributed by atoms with van der Waals surface area (Å²) in [5.74, 6) is 0. The van der Waals surface area contributed by atoms with Crippen LogP contribution < -0.4 is 0 Å². The number of nitrogens with zero attached hydrogens (tertiary/aromatic N) is 6. The molecular formula is C19H43BCl2F4N6Ru-2. The number of rotatable bonds is 0. The van der Waals surface area contributed by atoms with E-state index in [-0.39, 0.29) is 7.43 Å². The summed E-state index contributed by atoms with van der Waals surface area (Å²) < 4.78 is 43.0. The smallest absolute Gasteiger partial charge is 0.418 e. The second-order valence-electron chi connectivity index (χ2n) is 7.65. The SMILES string of the molecule is CC1N(C)CCN1C.CN1C=[N+](C)CC1.CN1[CH-]N(C)CC1.C[CH]=[Ru]([Cl])[Cl].F[B-](F)(F)F.[CH3-]. The summed E-state index contributed by atoms with van der Waals surface area (Å²) in [5.41, 5.74) is 0. The molecule has 0 saturated carbocycles. The van der Waals surface area contributed by atoms with E-state index in [1.54, 1.807) is 0 Å². The first-order chi connectivity index (χ1) is 14.6. The van der Waals surface area contributed by atoms with Crippen LogP contribution in [0.15, 0.2) is 0 Å². The third kappa shape index (κ3) is 26.6. The fourth-order valence-corrected chi connectivity index (χ4v) is 2.56. The Bertz CT molecular complexity index is 533. The summed E-state index contributed by atoms with van der Waals surface area (Å²) in [7, 11) is 17.3. The van der Waals surface area contributed by atoms with Gasteiger partial charge in [-0.15, -0.1) is 0 Å². The maximum atomic E-state index is 9.75. The van der Waals surface area contributed by atoms with Crippen LogP contribution in [-0.4, -0.2) is 135 Å². The first-order valence-electron chi connectivity index (χ1n) is 10.1. The molecule has 3 rings (SSSR count). The van der Waals surface area contributed by atoms with Crippen LogP contribution in [0.2, 0.25) is 0 Å². The van der Waals surface area contributed by atoms with Crippen molar-refractivity contribution >= 4 is 37.6 Å². The minimum atomic E-state index is -6.00. The van der Waals surface area contributed by atoms with Crippen molar-refractivity contribution in [2.24, 2.45) is 0 Å². The van der Waals surface area contributed by atoms with Crippen molar-refractivity contribution in [3.05, 3.63) is 14.1 Å². The van der Waals surface area contributed by atoms with Gasteiger partial charge in [0.25, 0.3) is 0 Å². The zero-order valence-corrected chi connectivity index (χ0v) is 24.7. The van der Waals surface area contributed by atoms with Gasteiger partial charge in [0, 0.05) is 13.1 Å². The van der Waals surface area contributed by atoms with Crippen LogP contribution in [0.25, 0.3) is 0 Å². The Kier molecular flexibility index (Phi) is 23.3. The van der Waals surface area contributed by atoms with Crippen LogP contribution in [0, 0.1) is 14.1 Å². The molecule has 0 amide bonds. The molecule has 0 bridgehead atoms. The van der Waals surface area contributed by atoms with Crippen LogP contribution in [-0.2, 0) is 13.5 Å². The molecule has 3 aliphatic heterocycles. The minimum absolute atomic E-state index is 0. The summed E-state index contributed by atoms with van der Waals surface area (Å²) in [6, 6.07) is 0. The standard InChI is InChI=1S/C6H14N2.2C5H11N2.C2H4.CH3.BF4.2ClH.Ru/c1-6-7(2)4-5-8(6)3;2*1-6-3-4-7(2)5-6;1-2;;2-1(3,4)5;;;/h6H,4-5H2,1-3H3;2*5H,3-4H2,1-2H3;1H,2H3;1H3;;2*1H;/q;-1;+1;;2*-1;;;+2/p-2. The molecule has 0 radical (unpaired) electrons. The van der Waals surface area contributed by atoms with E-state index in [1.807, 2.05) is 11.5 Å². The van der Waals surface area contributed by atoms with E-state index in [2.05, 4.69) is 91.3 Å². The van der Waals surface area contributed by atoms with Gasteiger partial charge in [-0.25, -0.2) is 6.67 Å². The van der Waals surface area contributed by atoms with E-state index in [0.29, 0.717) is 6.17 Å². The molecule has 0 aromatic carbocycles. The Hall–Kier alpha value is 0.168. The van der Waals surface area contributed by atoms with Crippen molar-refractivity contribution in [1.82, 2.24) is 24.5 Å². The summed E-state index contributed by atoms with van der Waals surface area (Å²) >= 11 is -1.36. The van der Waals surface area contributed by atoms with Gasteiger partial charge in [0.1, 0.15) is 13.1 Å². The number of hydrogen-bond donors (Lipinski definition) is 0. The summed E-state index contributed by atoms with van der Waals surface area (Å²) in [6.45, 7) is 13.4. The average molecular weight is 614 g/mol. The summed E-state index contributed by atoms with van der Waals surface area (Å²) in [6.07, 6.45) is 2.76. The van der Waals surface area contributed by atoms with E-state index in [9.17, 15) is 17.3 Å². The van der Waals surface area contributed by atoms with Crippen molar-refractivity contribution in [2.45, 2.75) is 20.0 Å². The van der Waals surface area contributed by atoms with Gasteiger partial charge in [-0.2, -0.15) is 0 Å². The molecule has 3 aliphatic rings. The molecule has 0 aromatic heterocycles. The van der Waals surface area contributed by atoms with Crippen molar-refractivity contribution in [3.8, 4) is 0 Å². The van der Waals surface area contributed by atoms with Gasteiger partial charge in [0.2, 0.25) is 6.34 Å². The fraction of sp³-hybridized carbons (Fsp3) is 0.789. The molecule has 33 heavy (non-hydrogen) atoms. The molecule has 0 aliphatic carbocycles. The number of likely N-dealkylation sites (N-methyl/N-ethyl adjacent to an activating group) is 6. The van der Waals surface area contributed by atoms with E-state index in [0.717, 1.165) is 0 Å². The average Bonchev–Trinajstić information content (AvgIpc) is 3.32. The first-order valence-corrected chi connectivity index (χ1v) is 15.6. The third-order valence-corrected chi connectivity index (χ3v) is 7.22. The molecule has 204 valence electrons. The van der Waals surface area contributed by atoms with Crippen molar-refractivity contribution in [1.29, 1.82) is 0 Å². The quantitative estimate of drug-likeness (QED) is 0.180. The molecule has 0 aromatic rings. The molecule has 2 saturated heterocycles. The van der Waals surface area contributed by atoms with Crippen molar-refractivity contribution in [3.63, 3.8) is 0 Å². The molecule has 0 N–H and O–H groups in total. The van der Waals surface area contributed by atoms with Crippen molar-refractivity contribution < 1.29 is 35.4 Å². The van der Waals surface area contributed by atoms with E-state index < -0.39 is 20.8 Å². The minimum Gasteiger partial charge on any atom is -0.418 e. The monoisotopic (exact) mass is 614 g/mol. The molecule has 2 fully saturated rings. The Labute approximate surface area is 212 Å². The molecule has 0 atom stereocenters. The van der Waals surface area contributed by atoms with Crippen LogP contribution in [0.1, 0.15) is 13.8 Å². The van der Waals surface area contributed by atoms with Gasteiger partial charge in [0.15, 0.2) is 0 Å². The zero-order chi connectivity index (χ0) is 25.5. The van der Waals surface area contributed by atoms with Crippen LogP contribution in [0.4, 0.5) is 17.3 Å². The molecule has 0 spiro atoms. The Morgan fingerprint density at radius 1 is 0.939 bits per heavy atom. The topological polar surface area (TPSA) is 19.2 Å². The molecule has 6 nitrogen and oxygen atoms in total. The van der Waals surface area contributed by atoms with Gasteiger partial charge < -0.3 is 34.5 Å².